The summed E-state index contributed by atoms with van der Waals surface area (Å²) >= 11 is 0. The minimum atomic E-state index is -0.909. The number of ether oxygens (including phenoxy) is 1. The molecule has 3 atom stereocenters. The van der Waals surface area contributed by atoms with Crippen LogP contribution in [-0.4, -0.2) is 33.9 Å². The first-order valence-corrected chi connectivity index (χ1v) is 7.88. The summed E-state index contributed by atoms with van der Waals surface area (Å²) < 4.78 is 11.4. The molecule has 2 heterocycles. The highest BCUT2D eigenvalue weighted by Crippen LogP contribution is 2.43. The second-order valence-corrected chi connectivity index (χ2v) is 6.16. The summed E-state index contributed by atoms with van der Waals surface area (Å²) in [6.45, 7) is 0.574. The van der Waals surface area contributed by atoms with Gasteiger partial charge in [0, 0.05) is 18.0 Å². The fourth-order valence-corrected chi connectivity index (χ4v) is 3.80. The van der Waals surface area contributed by atoms with E-state index in [-0.39, 0.29) is 5.92 Å². The first-order valence-electron chi connectivity index (χ1n) is 7.88. The van der Waals surface area contributed by atoms with Crippen LogP contribution in [0.5, 0.6) is 5.75 Å². The van der Waals surface area contributed by atoms with Gasteiger partial charge in [-0.15, -0.1) is 0 Å². The number of amides is 1. The predicted molar refractivity (Wildman–Crippen MR) is 81.9 cm³/mol. The molecular formula is C17H18N2O4. The molecule has 1 aromatic carbocycles. The number of nitrogens with zero attached hydrogens (tertiary/aromatic N) is 2. The molecule has 6 nitrogen and oxygen atoms in total. The lowest BCUT2D eigenvalue weighted by molar-refractivity contribution is 0.0329. The average molecular weight is 314 g/mol. The van der Waals surface area contributed by atoms with Gasteiger partial charge in [-0.3, -0.25) is 4.90 Å². The fourth-order valence-electron chi connectivity index (χ4n) is 3.80. The van der Waals surface area contributed by atoms with Gasteiger partial charge >= 0.3 is 6.09 Å². The number of benzene rings is 1. The Hall–Kier alpha value is -2.50. The zero-order valence-corrected chi connectivity index (χ0v) is 12.6. The van der Waals surface area contributed by atoms with Gasteiger partial charge in [-0.1, -0.05) is 12.5 Å². The Morgan fingerprint density at radius 2 is 2.30 bits per heavy atom. The lowest BCUT2D eigenvalue weighted by Gasteiger charge is -2.26. The Morgan fingerprint density at radius 1 is 1.39 bits per heavy atom. The zero-order valence-electron chi connectivity index (χ0n) is 12.6. The molecule has 1 aliphatic heterocycles. The smallest absolute Gasteiger partial charge is 0.410 e. The summed E-state index contributed by atoms with van der Waals surface area (Å²) in [7, 11) is 0. The van der Waals surface area contributed by atoms with E-state index in [1.54, 1.807) is 6.20 Å². The van der Waals surface area contributed by atoms with Crippen LogP contribution in [-0.2, 0) is 0 Å². The molecule has 1 aromatic heterocycles. The van der Waals surface area contributed by atoms with E-state index in [1.165, 1.54) is 11.2 Å². The highest BCUT2D eigenvalue weighted by Gasteiger charge is 2.47. The van der Waals surface area contributed by atoms with E-state index in [1.807, 2.05) is 24.3 Å². The van der Waals surface area contributed by atoms with Gasteiger partial charge in [0.25, 0.3) is 0 Å². The van der Waals surface area contributed by atoms with Crippen molar-refractivity contribution in [2.75, 3.05) is 6.54 Å². The minimum Gasteiger partial charge on any atom is -0.470 e. The van der Waals surface area contributed by atoms with Gasteiger partial charge in [0.2, 0.25) is 5.89 Å². The Kier molecular flexibility index (Phi) is 3.44. The minimum absolute atomic E-state index is 0.288. The molecule has 23 heavy (non-hydrogen) atoms. The summed E-state index contributed by atoms with van der Waals surface area (Å²) in [6.07, 6.45) is 5.07. The quantitative estimate of drug-likeness (QED) is 0.939. The summed E-state index contributed by atoms with van der Waals surface area (Å²) in [5.41, 5.74) is 0.815. The van der Waals surface area contributed by atoms with Gasteiger partial charge in [0.1, 0.15) is 12.0 Å². The largest absolute Gasteiger partial charge is 0.470 e. The van der Waals surface area contributed by atoms with Crippen molar-refractivity contribution < 1.29 is 19.1 Å². The van der Waals surface area contributed by atoms with E-state index < -0.39 is 12.3 Å². The molecule has 3 unspecified atom stereocenters. The van der Waals surface area contributed by atoms with Crippen molar-refractivity contribution in [3.63, 3.8) is 0 Å². The van der Waals surface area contributed by atoms with Crippen LogP contribution in [0.3, 0.4) is 0 Å². The normalized spacial score (nSPS) is 26.3. The van der Waals surface area contributed by atoms with Crippen LogP contribution < -0.4 is 4.74 Å². The van der Waals surface area contributed by atoms with Crippen molar-refractivity contribution in [2.45, 2.75) is 25.5 Å². The number of likely N-dealkylation sites (tertiary alicyclic amines) is 1. The lowest BCUT2D eigenvalue weighted by Crippen LogP contribution is -2.41. The van der Waals surface area contributed by atoms with E-state index in [2.05, 4.69) is 4.98 Å². The van der Waals surface area contributed by atoms with Crippen LogP contribution in [0.4, 0.5) is 4.79 Å². The highest BCUT2D eigenvalue weighted by molar-refractivity contribution is 5.66. The SMILES string of the molecule is O=C(O)N1CC2CCCC2C1Oc1cccc(-c2ncco2)c1. The van der Waals surface area contributed by atoms with Gasteiger partial charge in [0.15, 0.2) is 6.23 Å². The molecule has 1 saturated heterocycles. The van der Waals surface area contributed by atoms with Crippen LogP contribution in [0, 0.1) is 11.8 Å². The lowest BCUT2D eigenvalue weighted by atomic mass is 9.99. The topological polar surface area (TPSA) is 75.8 Å². The Balaban J connectivity index is 1.59. The van der Waals surface area contributed by atoms with Gasteiger partial charge in [0.05, 0.1) is 6.20 Å². The van der Waals surface area contributed by atoms with Crippen LogP contribution in [0.15, 0.2) is 41.1 Å². The Morgan fingerprint density at radius 3 is 3.09 bits per heavy atom. The third-order valence-corrected chi connectivity index (χ3v) is 4.84. The van der Waals surface area contributed by atoms with Gasteiger partial charge in [-0.05, 0) is 37.0 Å². The van der Waals surface area contributed by atoms with Gasteiger partial charge in [-0.2, -0.15) is 0 Å². The van der Waals surface area contributed by atoms with Crippen LogP contribution >= 0.6 is 0 Å². The summed E-state index contributed by atoms with van der Waals surface area (Å²) in [6, 6.07) is 7.44. The number of oxazole rings is 1. The van der Waals surface area contributed by atoms with Crippen molar-refractivity contribution in [2.24, 2.45) is 11.8 Å². The van der Waals surface area contributed by atoms with Crippen molar-refractivity contribution >= 4 is 6.09 Å². The Bertz CT molecular complexity index is 700. The summed E-state index contributed by atoms with van der Waals surface area (Å²) in [4.78, 5) is 17.1. The van der Waals surface area contributed by atoms with Crippen molar-refractivity contribution in [3.8, 4) is 17.2 Å². The number of rotatable bonds is 3. The summed E-state index contributed by atoms with van der Waals surface area (Å²) in [5.74, 6) is 1.88. The second kappa shape index (κ2) is 5.61. The van der Waals surface area contributed by atoms with E-state index in [4.69, 9.17) is 9.15 Å². The number of aromatic nitrogens is 1. The maximum atomic E-state index is 11.5. The number of hydrogen-bond acceptors (Lipinski definition) is 4. The molecule has 1 saturated carbocycles. The monoisotopic (exact) mass is 314 g/mol. The molecular weight excluding hydrogens is 296 g/mol. The maximum Gasteiger partial charge on any atom is 0.410 e. The van der Waals surface area contributed by atoms with E-state index in [9.17, 15) is 9.90 Å². The molecule has 2 fully saturated rings. The summed E-state index contributed by atoms with van der Waals surface area (Å²) in [5, 5.41) is 9.44. The molecule has 6 heteroatoms. The standard InChI is InChI=1S/C17H18N2O4/c20-17(21)19-10-12-4-2-6-14(12)16(19)23-13-5-1-3-11(9-13)15-18-7-8-22-15/h1,3,5,7-9,12,14,16H,2,4,6,10H2,(H,20,21). The van der Waals surface area contributed by atoms with Crippen molar-refractivity contribution in [3.05, 3.63) is 36.7 Å². The number of fused-ring (bicyclic) bond motifs is 1. The van der Waals surface area contributed by atoms with Crippen LogP contribution in [0.2, 0.25) is 0 Å². The molecule has 2 aliphatic rings. The molecule has 1 amide bonds. The van der Waals surface area contributed by atoms with Gasteiger partial charge < -0.3 is 14.3 Å². The molecule has 1 N–H and O–H groups in total. The predicted octanol–water partition coefficient (Wildman–Crippen LogP) is 3.46. The van der Waals surface area contributed by atoms with Crippen molar-refractivity contribution in [1.82, 2.24) is 9.88 Å². The highest BCUT2D eigenvalue weighted by atomic mass is 16.5. The zero-order chi connectivity index (χ0) is 15.8. The molecule has 0 bridgehead atoms. The number of hydrogen-bond donors (Lipinski definition) is 1. The van der Waals surface area contributed by atoms with E-state index in [0.717, 1.165) is 24.8 Å². The number of carboxylic acid groups (broad SMARTS) is 1. The molecule has 4 rings (SSSR count). The molecule has 120 valence electrons. The van der Waals surface area contributed by atoms with Crippen LogP contribution in [0.1, 0.15) is 19.3 Å². The van der Waals surface area contributed by atoms with Crippen molar-refractivity contribution in [1.29, 1.82) is 0 Å². The van der Waals surface area contributed by atoms with Gasteiger partial charge in [-0.25, -0.2) is 9.78 Å². The fraction of sp³-hybridized carbons (Fsp3) is 0.412. The third kappa shape index (κ3) is 2.54. The number of carbonyl (C=O) groups is 1. The first-order chi connectivity index (χ1) is 11.2. The molecule has 2 aromatic rings. The average Bonchev–Trinajstić information content (AvgIpc) is 3.25. The second-order valence-electron chi connectivity index (χ2n) is 6.16. The van der Waals surface area contributed by atoms with E-state index >= 15 is 0 Å². The maximum absolute atomic E-state index is 11.5. The first kappa shape index (κ1) is 14.1. The Labute approximate surface area is 133 Å². The van der Waals surface area contributed by atoms with E-state index in [0.29, 0.717) is 24.1 Å². The van der Waals surface area contributed by atoms with Crippen LogP contribution in [0.25, 0.3) is 11.5 Å². The molecule has 1 aliphatic carbocycles. The molecule has 0 radical (unpaired) electrons. The third-order valence-electron chi connectivity index (χ3n) is 4.84. The molecule has 0 spiro atoms.